The van der Waals surface area contributed by atoms with E-state index in [1.54, 1.807) is 30.6 Å². The molecule has 0 aliphatic carbocycles. The molecule has 8 nitrogen and oxygen atoms in total. The third-order valence-electron chi connectivity index (χ3n) is 5.16. The highest BCUT2D eigenvalue weighted by molar-refractivity contribution is 5.66. The van der Waals surface area contributed by atoms with Crippen LogP contribution < -0.4 is 15.4 Å². The van der Waals surface area contributed by atoms with Crippen molar-refractivity contribution in [3.05, 3.63) is 53.6 Å². The zero-order valence-corrected chi connectivity index (χ0v) is 17.0. The van der Waals surface area contributed by atoms with Crippen LogP contribution >= 0.6 is 0 Å². The van der Waals surface area contributed by atoms with Gasteiger partial charge in [0, 0.05) is 43.2 Å². The first-order valence-electron chi connectivity index (χ1n) is 9.93. The molecule has 1 aliphatic rings. The molecule has 152 valence electrons. The molecule has 0 bridgehead atoms. The summed E-state index contributed by atoms with van der Waals surface area (Å²) < 4.78 is 6.15. The normalized spacial score (nSPS) is 15.8. The fourth-order valence-corrected chi connectivity index (χ4v) is 3.57. The molecule has 1 aromatic carbocycles. The number of hydrogen-bond donors (Lipinski definition) is 1. The third-order valence-corrected chi connectivity index (χ3v) is 5.16. The molecule has 3 aromatic rings. The molecular weight excluding hydrogens is 378 g/mol. The van der Waals surface area contributed by atoms with Crippen LogP contribution in [0.25, 0.3) is 11.4 Å². The quantitative estimate of drug-likeness (QED) is 0.692. The topological polar surface area (TPSA) is 114 Å². The lowest BCUT2D eigenvalue weighted by Crippen LogP contribution is -2.27. The maximum Gasteiger partial charge on any atom is 0.224 e. The number of aromatic nitrogens is 4. The lowest BCUT2D eigenvalue weighted by molar-refractivity contribution is 0.460. The van der Waals surface area contributed by atoms with E-state index in [0.717, 1.165) is 30.8 Å². The van der Waals surface area contributed by atoms with Crippen LogP contribution in [0.4, 0.5) is 5.82 Å². The second-order valence-corrected chi connectivity index (χ2v) is 7.34. The number of nitrogens with zero attached hydrogens (tertiary/aromatic N) is 6. The van der Waals surface area contributed by atoms with Crippen LogP contribution in [-0.4, -0.2) is 32.5 Å². The number of benzene rings is 1. The van der Waals surface area contributed by atoms with Gasteiger partial charge in [-0.2, -0.15) is 10.2 Å². The standard InChI is InChI=1S/C22H23N7O/c1-14-4-3-7-29(14)20-9-21(28-15(2)27-20)30-19-8-16(10-23)5-6-18(19)22-25-12-17(11-24)13-26-22/h5-6,8-9,12-14H,3-4,7,11,24H2,1-2H3/t14-/m0/s1. The summed E-state index contributed by atoms with van der Waals surface area (Å²) in [7, 11) is 0. The second-order valence-electron chi connectivity index (χ2n) is 7.34. The zero-order chi connectivity index (χ0) is 21.1. The van der Waals surface area contributed by atoms with Crippen molar-refractivity contribution in [2.75, 3.05) is 11.4 Å². The van der Waals surface area contributed by atoms with Crippen molar-refractivity contribution in [2.45, 2.75) is 39.3 Å². The Labute approximate surface area is 175 Å². The van der Waals surface area contributed by atoms with Crippen molar-refractivity contribution in [1.29, 1.82) is 5.26 Å². The summed E-state index contributed by atoms with van der Waals surface area (Å²) in [4.78, 5) is 20.1. The van der Waals surface area contributed by atoms with E-state index < -0.39 is 0 Å². The fourth-order valence-electron chi connectivity index (χ4n) is 3.57. The first-order valence-corrected chi connectivity index (χ1v) is 9.93. The molecule has 3 heterocycles. The average molecular weight is 401 g/mol. The Bertz CT molecular complexity index is 1090. The van der Waals surface area contributed by atoms with Gasteiger partial charge in [-0.25, -0.2) is 15.0 Å². The maximum absolute atomic E-state index is 9.34. The Kier molecular flexibility index (Phi) is 5.55. The number of nitrogens with two attached hydrogens (primary N) is 1. The first kappa shape index (κ1) is 19.7. The highest BCUT2D eigenvalue weighted by atomic mass is 16.5. The van der Waals surface area contributed by atoms with Gasteiger partial charge in [-0.3, -0.25) is 0 Å². The van der Waals surface area contributed by atoms with Crippen LogP contribution in [0.3, 0.4) is 0 Å². The number of rotatable bonds is 5. The van der Waals surface area contributed by atoms with Gasteiger partial charge >= 0.3 is 0 Å². The van der Waals surface area contributed by atoms with Gasteiger partial charge in [0.2, 0.25) is 5.88 Å². The van der Waals surface area contributed by atoms with Gasteiger partial charge in [0.05, 0.1) is 17.2 Å². The first-order chi connectivity index (χ1) is 14.6. The number of nitriles is 1. The van der Waals surface area contributed by atoms with E-state index in [2.05, 4.69) is 37.8 Å². The number of anilines is 1. The molecule has 0 amide bonds. The van der Waals surface area contributed by atoms with E-state index in [-0.39, 0.29) is 0 Å². The Balaban J connectivity index is 1.71. The van der Waals surface area contributed by atoms with Crippen LogP contribution in [-0.2, 0) is 6.54 Å². The van der Waals surface area contributed by atoms with Gasteiger partial charge in [0.1, 0.15) is 17.4 Å². The van der Waals surface area contributed by atoms with Crippen molar-refractivity contribution in [2.24, 2.45) is 5.73 Å². The van der Waals surface area contributed by atoms with Crippen molar-refractivity contribution in [3.8, 4) is 29.1 Å². The van der Waals surface area contributed by atoms with E-state index in [4.69, 9.17) is 10.5 Å². The molecule has 2 N–H and O–H groups in total. The molecule has 1 saturated heterocycles. The van der Waals surface area contributed by atoms with E-state index in [9.17, 15) is 5.26 Å². The van der Waals surface area contributed by atoms with E-state index in [1.807, 2.05) is 13.0 Å². The number of aryl methyl sites for hydroxylation is 1. The van der Waals surface area contributed by atoms with Gasteiger partial charge in [-0.1, -0.05) is 0 Å². The van der Waals surface area contributed by atoms with Crippen LogP contribution in [0, 0.1) is 18.3 Å². The molecule has 0 spiro atoms. The molecule has 1 aliphatic heterocycles. The number of hydrogen-bond acceptors (Lipinski definition) is 8. The second kappa shape index (κ2) is 8.43. The molecular formula is C22H23N7O. The fraction of sp³-hybridized carbons (Fsp3) is 0.318. The van der Waals surface area contributed by atoms with Crippen LogP contribution in [0.2, 0.25) is 0 Å². The van der Waals surface area contributed by atoms with E-state index >= 15 is 0 Å². The van der Waals surface area contributed by atoms with Crippen LogP contribution in [0.1, 0.15) is 36.7 Å². The van der Waals surface area contributed by atoms with Gasteiger partial charge < -0.3 is 15.4 Å². The Hall–Kier alpha value is -3.57. The summed E-state index contributed by atoms with van der Waals surface area (Å²) >= 11 is 0. The SMILES string of the molecule is Cc1nc(Oc2cc(C#N)ccc2-c2ncc(CN)cn2)cc(N2CCC[C@@H]2C)n1. The average Bonchev–Trinajstić information content (AvgIpc) is 3.19. The molecule has 0 saturated carbocycles. The summed E-state index contributed by atoms with van der Waals surface area (Å²) in [6, 6.07) is 9.58. The Morgan fingerprint density at radius 3 is 2.70 bits per heavy atom. The molecule has 2 aromatic heterocycles. The van der Waals surface area contributed by atoms with Gasteiger partial charge in [-0.05, 0) is 44.9 Å². The largest absolute Gasteiger partial charge is 0.438 e. The highest BCUT2D eigenvalue weighted by Crippen LogP contribution is 2.33. The zero-order valence-electron chi connectivity index (χ0n) is 17.0. The molecule has 30 heavy (non-hydrogen) atoms. The molecule has 8 heteroatoms. The predicted octanol–water partition coefficient (Wildman–Crippen LogP) is 3.35. The van der Waals surface area contributed by atoms with Gasteiger partial charge in [0.25, 0.3) is 0 Å². The molecule has 0 radical (unpaired) electrons. The van der Waals surface area contributed by atoms with Crippen molar-refractivity contribution < 1.29 is 4.74 Å². The molecule has 4 rings (SSSR count). The summed E-state index contributed by atoms with van der Waals surface area (Å²) in [5, 5.41) is 9.34. The van der Waals surface area contributed by atoms with Crippen molar-refractivity contribution in [1.82, 2.24) is 19.9 Å². The summed E-state index contributed by atoms with van der Waals surface area (Å²) in [5.74, 6) is 2.86. The minimum atomic E-state index is 0.370. The number of ether oxygens (including phenoxy) is 1. The lowest BCUT2D eigenvalue weighted by Gasteiger charge is -2.23. The minimum Gasteiger partial charge on any atom is -0.438 e. The minimum absolute atomic E-state index is 0.370. The lowest BCUT2D eigenvalue weighted by atomic mass is 10.1. The van der Waals surface area contributed by atoms with Crippen LogP contribution in [0.5, 0.6) is 11.6 Å². The predicted molar refractivity (Wildman–Crippen MR) is 113 cm³/mol. The molecule has 0 unspecified atom stereocenters. The Morgan fingerprint density at radius 1 is 1.23 bits per heavy atom. The molecule has 1 atom stereocenters. The van der Waals surface area contributed by atoms with Crippen molar-refractivity contribution >= 4 is 5.82 Å². The third kappa shape index (κ3) is 4.07. The molecule has 1 fully saturated rings. The summed E-state index contributed by atoms with van der Waals surface area (Å²) in [5.41, 5.74) is 7.63. The highest BCUT2D eigenvalue weighted by Gasteiger charge is 2.23. The van der Waals surface area contributed by atoms with Crippen LogP contribution in [0.15, 0.2) is 36.7 Å². The van der Waals surface area contributed by atoms with Gasteiger partial charge in [-0.15, -0.1) is 0 Å². The summed E-state index contributed by atoms with van der Waals surface area (Å²) in [6.45, 7) is 5.38. The van der Waals surface area contributed by atoms with E-state index in [1.165, 1.54) is 0 Å². The van der Waals surface area contributed by atoms with E-state index in [0.29, 0.717) is 47.0 Å². The maximum atomic E-state index is 9.34. The Morgan fingerprint density at radius 2 is 2.03 bits per heavy atom. The van der Waals surface area contributed by atoms with Gasteiger partial charge in [0.15, 0.2) is 5.82 Å². The monoisotopic (exact) mass is 401 g/mol. The van der Waals surface area contributed by atoms with Crippen molar-refractivity contribution in [3.63, 3.8) is 0 Å². The summed E-state index contributed by atoms with van der Waals surface area (Å²) in [6.07, 6.45) is 5.66. The smallest absolute Gasteiger partial charge is 0.224 e.